The molecule has 3 heteroatoms. The Labute approximate surface area is 98.8 Å². The Morgan fingerprint density at radius 3 is 2.86 bits per heavy atom. The molecule has 1 nitrogen and oxygen atoms in total. The Morgan fingerprint density at radius 1 is 1.57 bits per heavy atom. The number of furan rings is 1. The number of rotatable bonds is 6. The van der Waals surface area contributed by atoms with Crippen molar-refractivity contribution in [2.75, 3.05) is 11.1 Å². The first kappa shape index (κ1) is 12.2. The Hall–Kier alpha value is 0.110. The first-order valence-electron chi connectivity index (χ1n) is 5.00. The monoisotopic (exact) mass is 276 g/mol. The predicted octanol–water partition coefficient (Wildman–Crippen LogP) is 4.49. The fourth-order valence-corrected chi connectivity index (χ4v) is 3.30. The summed E-state index contributed by atoms with van der Waals surface area (Å²) in [4.78, 5) is 1.28. The Balaban J connectivity index is 2.35. The van der Waals surface area contributed by atoms with Crippen molar-refractivity contribution in [3.63, 3.8) is 0 Å². The van der Waals surface area contributed by atoms with E-state index in [4.69, 9.17) is 4.42 Å². The summed E-state index contributed by atoms with van der Waals surface area (Å²) in [6, 6.07) is 2.05. The second-order valence-electron chi connectivity index (χ2n) is 3.46. The van der Waals surface area contributed by atoms with E-state index in [9.17, 15) is 0 Å². The van der Waals surface area contributed by atoms with Crippen LogP contribution in [0, 0.1) is 12.8 Å². The normalized spacial score (nSPS) is 13.1. The molecular weight excluding hydrogens is 260 g/mol. The van der Waals surface area contributed by atoms with Crippen molar-refractivity contribution in [2.45, 2.75) is 31.6 Å². The standard InChI is InChI=1S/C11H17BrOS/c1-3-4-10(7-12)8-14-11-5-6-13-9(11)2/h5-6,10H,3-4,7-8H2,1-2H3. The molecule has 0 spiro atoms. The van der Waals surface area contributed by atoms with Crippen LogP contribution < -0.4 is 0 Å². The van der Waals surface area contributed by atoms with Crippen LogP contribution in [0.5, 0.6) is 0 Å². The fourth-order valence-electron chi connectivity index (χ4n) is 1.34. The van der Waals surface area contributed by atoms with Gasteiger partial charge in [0, 0.05) is 16.0 Å². The maximum atomic E-state index is 5.26. The molecule has 0 aromatic carbocycles. The molecule has 0 amide bonds. The van der Waals surface area contributed by atoms with Gasteiger partial charge >= 0.3 is 0 Å². The van der Waals surface area contributed by atoms with Gasteiger partial charge in [-0.1, -0.05) is 29.3 Å². The zero-order chi connectivity index (χ0) is 10.4. The van der Waals surface area contributed by atoms with Crippen LogP contribution in [0.4, 0.5) is 0 Å². The fraction of sp³-hybridized carbons (Fsp3) is 0.636. The van der Waals surface area contributed by atoms with E-state index in [2.05, 4.69) is 28.9 Å². The van der Waals surface area contributed by atoms with Crippen LogP contribution in [0.1, 0.15) is 25.5 Å². The molecule has 0 bridgehead atoms. The van der Waals surface area contributed by atoms with Gasteiger partial charge in [-0.25, -0.2) is 0 Å². The Bertz CT molecular complexity index is 260. The highest BCUT2D eigenvalue weighted by Crippen LogP contribution is 2.27. The molecule has 14 heavy (non-hydrogen) atoms. The third-order valence-corrected chi connectivity index (χ3v) is 4.49. The van der Waals surface area contributed by atoms with E-state index in [0.29, 0.717) is 0 Å². The second kappa shape index (κ2) is 6.57. The molecule has 0 saturated heterocycles. The quantitative estimate of drug-likeness (QED) is 0.561. The summed E-state index contributed by atoms with van der Waals surface area (Å²) in [5.41, 5.74) is 0. The van der Waals surface area contributed by atoms with Crippen LogP contribution in [-0.4, -0.2) is 11.1 Å². The van der Waals surface area contributed by atoms with Gasteiger partial charge in [0.05, 0.1) is 6.26 Å². The van der Waals surface area contributed by atoms with Gasteiger partial charge in [0.1, 0.15) is 5.76 Å². The first-order chi connectivity index (χ1) is 6.77. The van der Waals surface area contributed by atoms with Gasteiger partial charge in [0.15, 0.2) is 0 Å². The minimum Gasteiger partial charge on any atom is -0.468 e. The number of halogens is 1. The molecule has 1 rings (SSSR count). The van der Waals surface area contributed by atoms with Crippen LogP contribution in [0.2, 0.25) is 0 Å². The minimum absolute atomic E-state index is 0.777. The molecule has 0 N–H and O–H groups in total. The molecular formula is C11H17BrOS. The van der Waals surface area contributed by atoms with Crippen molar-refractivity contribution in [2.24, 2.45) is 5.92 Å². The first-order valence-corrected chi connectivity index (χ1v) is 7.11. The predicted molar refractivity (Wildman–Crippen MR) is 66.4 cm³/mol. The highest BCUT2D eigenvalue weighted by molar-refractivity contribution is 9.09. The van der Waals surface area contributed by atoms with Gasteiger partial charge < -0.3 is 4.42 Å². The summed E-state index contributed by atoms with van der Waals surface area (Å²) in [7, 11) is 0. The van der Waals surface area contributed by atoms with Gasteiger partial charge in [0.2, 0.25) is 0 Å². The van der Waals surface area contributed by atoms with Crippen LogP contribution in [0.3, 0.4) is 0 Å². The van der Waals surface area contributed by atoms with Crippen LogP contribution in [0.25, 0.3) is 0 Å². The molecule has 1 atom stereocenters. The number of aryl methyl sites for hydroxylation is 1. The summed E-state index contributed by atoms with van der Waals surface area (Å²) in [5, 5.41) is 1.10. The topological polar surface area (TPSA) is 13.1 Å². The maximum Gasteiger partial charge on any atom is 0.114 e. The zero-order valence-corrected chi connectivity index (χ0v) is 11.2. The molecule has 1 unspecified atom stereocenters. The van der Waals surface area contributed by atoms with Gasteiger partial charge in [-0.05, 0) is 25.3 Å². The van der Waals surface area contributed by atoms with Crippen molar-refractivity contribution in [3.05, 3.63) is 18.1 Å². The summed E-state index contributed by atoms with van der Waals surface area (Å²) in [6.45, 7) is 4.26. The van der Waals surface area contributed by atoms with Crippen molar-refractivity contribution in [1.29, 1.82) is 0 Å². The molecule has 1 aromatic rings. The molecule has 0 aliphatic rings. The van der Waals surface area contributed by atoms with Gasteiger partial charge in [-0.3, -0.25) is 0 Å². The third kappa shape index (κ3) is 3.70. The molecule has 0 fully saturated rings. The van der Waals surface area contributed by atoms with Gasteiger partial charge in [-0.15, -0.1) is 11.8 Å². The SMILES string of the molecule is CCCC(CBr)CSc1ccoc1C. The van der Waals surface area contributed by atoms with Crippen molar-refractivity contribution in [1.82, 2.24) is 0 Å². The van der Waals surface area contributed by atoms with Gasteiger partial charge in [-0.2, -0.15) is 0 Å². The van der Waals surface area contributed by atoms with E-state index in [0.717, 1.165) is 17.0 Å². The lowest BCUT2D eigenvalue weighted by atomic mass is 10.1. The molecule has 0 aliphatic heterocycles. The number of hydrogen-bond acceptors (Lipinski definition) is 2. The van der Waals surface area contributed by atoms with Gasteiger partial charge in [0.25, 0.3) is 0 Å². The second-order valence-corrected chi connectivity index (χ2v) is 5.17. The van der Waals surface area contributed by atoms with E-state index >= 15 is 0 Å². The van der Waals surface area contributed by atoms with Crippen LogP contribution in [0.15, 0.2) is 21.6 Å². The van der Waals surface area contributed by atoms with E-state index in [1.807, 2.05) is 18.7 Å². The lowest BCUT2D eigenvalue weighted by Gasteiger charge is -2.11. The van der Waals surface area contributed by atoms with E-state index in [1.54, 1.807) is 6.26 Å². The minimum atomic E-state index is 0.777. The van der Waals surface area contributed by atoms with E-state index in [1.165, 1.54) is 23.5 Å². The number of thioether (sulfide) groups is 1. The molecule has 1 aromatic heterocycles. The van der Waals surface area contributed by atoms with E-state index < -0.39 is 0 Å². The number of hydrogen-bond donors (Lipinski definition) is 0. The number of alkyl halides is 1. The summed E-state index contributed by atoms with van der Waals surface area (Å²) >= 11 is 5.47. The largest absolute Gasteiger partial charge is 0.468 e. The molecule has 0 radical (unpaired) electrons. The summed E-state index contributed by atoms with van der Waals surface area (Å²) < 4.78 is 5.26. The third-order valence-electron chi connectivity index (χ3n) is 2.20. The van der Waals surface area contributed by atoms with E-state index in [-0.39, 0.29) is 0 Å². The average Bonchev–Trinajstić information content (AvgIpc) is 2.59. The molecule has 80 valence electrons. The Kier molecular flexibility index (Phi) is 5.71. The molecule has 0 saturated carbocycles. The molecule has 1 heterocycles. The average molecular weight is 277 g/mol. The van der Waals surface area contributed by atoms with Crippen molar-refractivity contribution in [3.8, 4) is 0 Å². The maximum absolute atomic E-state index is 5.26. The smallest absolute Gasteiger partial charge is 0.114 e. The highest BCUT2D eigenvalue weighted by Gasteiger charge is 2.08. The van der Waals surface area contributed by atoms with Crippen LogP contribution >= 0.6 is 27.7 Å². The van der Waals surface area contributed by atoms with Crippen molar-refractivity contribution < 1.29 is 4.42 Å². The lowest BCUT2D eigenvalue weighted by Crippen LogP contribution is -2.04. The van der Waals surface area contributed by atoms with Crippen molar-refractivity contribution >= 4 is 27.7 Å². The molecule has 0 aliphatic carbocycles. The summed E-state index contributed by atoms with van der Waals surface area (Å²) in [5.74, 6) is 3.00. The Morgan fingerprint density at radius 2 is 2.36 bits per heavy atom. The van der Waals surface area contributed by atoms with Crippen LogP contribution in [-0.2, 0) is 0 Å². The summed E-state index contributed by atoms with van der Waals surface area (Å²) in [6.07, 6.45) is 4.33. The highest BCUT2D eigenvalue weighted by atomic mass is 79.9. The lowest BCUT2D eigenvalue weighted by molar-refractivity contribution is 0.526. The zero-order valence-electron chi connectivity index (χ0n) is 8.75.